The van der Waals surface area contributed by atoms with Crippen LogP contribution in [0, 0.1) is 5.82 Å². The summed E-state index contributed by atoms with van der Waals surface area (Å²) in [6, 6.07) is 9.45. The Labute approximate surface area is 169 Å². The number of aromatic carboxylic acids is 1. The minimum absolute atomic E-state index is 0.172. The molecule has 0 aliphatic carbocycles. The van der Waals surface area contributed by atoms with E-state index in [1.54, 1.807) is 34.9 Å². The summed E-state index contributed by atoms with van der Waals surface area (Å²) in [7, 11) is 0. The number of nitrogens with two attached hydrogens (primary N) is 1. The van der Waals surface area contributed by atoms with Crippen molar-refractivity contribution >= 4 is 33.6 Å². The van der Waals surface area contributed by atoms with Crippen LogP contribution in [0.25, 0.3) is 32.9 Å². The zero-order valence-corrected chi connectivity index (χ0v) is 15.8. The van der Waals surface area contributed by atoms with Crippen molar-refractivity contribution in [2.24, 2.45) is 0 Å². The van der Waals surface area contributed by atoms with Crippen molar-refractivity contribution in [1.82, 2.24) is 9.55 Å². The fourth-order valence-corrected chi connectivity index (χ4v) is 3.94. The van der Waals surface area contributed by atoms with E-state index in [0.29, 0.717) is 27.8 Å². The molecule has 3 N–H and O–H groups in total. The molecular weight excluding hydrogens is 389 g/mol. The van der Waals surface area contributed by atoms with Gasteiger partial charge in [-0.1, -0.05) is 0 Å². The summed E-state index contributed by atoms with van der Waals surface area (Å²) in [5.41, 5.74) is 6.61. The minimum Gasteiger partial charge on any atom is -0.489 e. The van der Waals surface area contributed by atoms with Crippen molar-refractivity contribution in [1.29, 1.82) is 0 Å². The van der Waals surface area contributed by atoms with Gasteiger partial charge in [-0.15, -0.1) is 0 Å². The molecule has 30 heavy (non-hydrogen) atoms. The number of nitrogen functional groups attached to an aromatic ring is 1. The lowest BCUT2D eigenvalue weighted by molar-refractivity contribution is 0.0694. The SMILES string of the molecule is CC1COc2c(-c3cc(F)c4nc(N)ccc4c3)ccc3c(=O)c(C(=O)O)cn1c23. The highest BCUT2D eigenvalue weighted by molar-refractivity contribution is 5.98. The maximum absolute atomic E-state index is 14.7. The highest BCUT2D eigenvalue weighted by Gasteiger charge is 2.26. The average molecular weight is 405 g/mol. The molecule has 5 rings (SSSR count). The molecule has 8 heteroatoms. The molecule has 1 aliphatic heterocycles. The van der Waals surface area contributed by atoms with E-state index in [1.807, 2.05) is 6.92 Å². The first-order valence-electron chi connectivity index (χ1n) is 9.29. The fourth-order valence-electron chi connectivity index (χ4n) is 3.94. The summed E-state index contributed by atoms with van der Waals surface area (Å²) in [5.74, 6) is -1.16. The standard InChI is InChI=1S/C22H16FN3O4/c1-10-9-30-21-13(12-6-11-2-5-17(24)25-18(11)16(23)7-12)3-4-14-19(21)26(10)8-15(20(14)27)22(28)29/h2-8,10H,9H2,1H3,(H2,24,25)(H,28,29). The fraction of sp³-hybridized carbons (Fsp3) is 0.136. The van der Waals surface area contributed by atoms with Crippen molar-refractivity contribution in [2.45, 2.75) is 13.0 Å². The number of anilines is 1. The van der Waals surface area contributed by atoms with Crippen molar-refractivity contribution < 1.29 is 19.0 Å². The van der Waals surface area contributed by atoms with Crippen molar-refractivity contribution in [3.63, 3.8) is 0 Å². The van der Waals surface area contributed by atoms with Gasteiger partial charge in [0.1, 0.15) is 29.3 Å². The third-order valence-corrected chi connectivity index (χ3v) is 5.40. The number of nitrogens with zero attached hydrogens (tertiary/aromatic N) is 2. The maximum atomic E-state index is 14.7. The first-order valence-corrected chi connectivity index (χ1v) is 9.29. The van der Waals surface area contributed by atoms with Gasteiger partial charge in [-0.2, -0.15) is 0 Å². The Morgan fingerprint density at radius 2 is 2.10 bits per heavy atom. The van der Waals surface area contributed by atoms with Crippen LogP contribution in [0.2, 0.25) is 0 Å². The number of fused-ring (bicyclic) bond motifs is 1. The molecule has 7 nitrogen and oxygen atoms in total. The predicted octanol–water partition coefficient (Wildman–Crippen LogP) is 3.59. The van der Waals surface area contributed by atoms with E-state index in [1.165, 1.54) is 12.3 Å². The molecule has 0 spiro atoms. The van der Waals surface area contributed by atoms with Crippen LogP contribution in [-0.2, 0) is 0 Å². The largest absolute Gasteiger partial charge is 0.489 e. The molecule has 2 aromatic carbocycles. The van der Waals surface area contributed by atoms with Crippen molar-refractivity contribution in [3.05, 3.63) is 64.2 Å². The Morgan fingerprint density at radius 3 is 2.87 bits per heavy atom. The van der Waals surface area contributed by atoms with Gasteiger partial charge >= 0.3 is 5.97 Å². The summed E-state index contributed by atoms with van der Waals surface area (Å²) in [4.78, 5) is 28.3. The first-order chi connectivity index (χ1) is 14.3. The van der Waals surface area contributed by atoms with Gasteiger partial charge in [0.25, 0.3) is 0 Å². The van der Waals surface area contributed by atoms with E-state index in [2.05, 4.69) is 4.98 Å². The second-order valence-electron chi connectivity index (χ2n) is 7.35. The van der Waals surface area contributed by atoms with Gasteiger partial charge in [0, 0.05) is 17.1 Å². The summed E-state index contributed by atoms with van der Waals surface area (Å²) in [6.45, 7) is 2.16. The van der Waals surface area contributed by atoms with Gasteiger partial charge in [-0.05, 0) is 48.9 Å². The number of carboxylic acids is 1. The Bertz CT molecular complexity index is 1440. The highest BCUT2D eigenvalue weighted by Crippen LogP contribution is 2.41. The first kappa shape index (κ1) is 18.1. The number of ether oxygens (including phenoxy) is 1. The Hall–Kier alpha value is -3.94. The topological polar surface area (TPSA) is 107 Å². The Morgan fingerprint density at radius 1 is 1.30 bits per heavy atom. The lowest BCUT2D eigenvalue weighted by atomic mass is 9.98. The summed E-state index contributed by atoms with van der Waals surface area (Å²) in [5, 5.41) is 10.2. The number of carboxylic acid groups (broad SMARTS) is 1. The molecule has 0 fully saturated rings. The van der Waals surface area contributed by atoms with Crippen LogP contribution in [0.1, 0.15) is 23.3 Å². The zero-order chi connectivity index (χ0) is 21.2. The zero-order valence-electron chi connectivity index (χ0n) is 15.8. The minimum atomic E-state index is -1.28. The number of benzene rings is 2. The van der Waals surface area contributed by atoms with Crippen molar-refractivity contribution in [3.8, 4) is 16.9 Å². The molecular formula is C22H16FN3O4. The van der Waals surface area contributed by atoms with E-state index in [9.17, 15) is 19.1 Å². The van der Waals surface area contributed by atoms with Crippen LogP contribution >= 0.6 is 0 Å². The summed E-state index contributed by atoms with van der Waals surface area (Å²) in [6.07, 6.45) is 1.35. The molecule has 3 heterocycles. The molecule has 0 amide bonds. The number of hydrogen-bond donors (Lipinski definition) is 2. The summed E-state index contributed by atoms with van der Waals surface area (Å²) >= 11 is 0. The van der Waals surface area contributed by atoms with Crippen LogP contribution in [0.5, 0.6) is 5.75 Å². The highest BCUT2D eigenvalue weighted by atomic mass is 19.1. The number of hydrogen-bond acceptors (Lipinski definition) is 5. The molecule has 150 valence electrons. The summed E-state index contributed by atoms with van der Waals surface area (Å²) < 4.78 is 22.4. The quantitative estimate of drug-likeness (QED) is 0.528. The van der Waals surface area contributed by atoms with Crippen LogP contribution < -0.4 is 15.9 Å². The molecule has 0 saturated heterocycles. The second kappa shape index (κ2) is 6.28. The van der Waals surface area contributed by atoms with Crippen LogP contribution in [0.3, 0.4) is 0 Å². The number of halogens is 1. The lowest BCUT2D eigenvalue weighted by Gasteiger charge is -2.28. The van der Waals surface area contributed by atoms with Crippen LogP contribution in [0.4, 0.5) is 10.2 Å². The van der Waals surface area contributed by atoms with Gasteiger partial charge in [0.15, 0.2) is 5.75 Å². The number of carbonyl (C=O) groups is 1. The van der Waals surface area contributed by atoms with Crippen molar-refractivity contribution in [2.75, 3.05) is 12.3 Å². The molecule has 1 unspecified atom stereocenters. The van der Waals surface area contributed by atoms with E-state index in [0.717, 1.165) is 0 Å². The Kier molecular flexibility index (Phi) is 3.79. The Balaban J connectivity index is 1.83. The van der Waals surface area contributed by atoms with E-state index in [-0.39, 0.29) is 34.9 Å². The van der Waals surface area contributed by atoms with Gasteiger partial charge < -0.3 is 20.1 Å². The van der Waals surface area contributed by atoms with E-state index >= 15 is 0 Å². The molecule has 0 saturated carbocycles. The average Bonchev–Trinajstić information content (AvgIpc) is 2.72. The van der Waals surface area contributed by atoms with Gasteiger partial charge in [-0.3, -0.25) is 4.79 Å². The third kappa shape index (κ3) is 2.53. The van der Waals surface area contributed by atoms with Crippen LogP contribution in [-0.4, -0.2) is 27.2 Å². The van der Waals surface area contributed by atoms with Gasteiger partial charge in [0.2, 0.25) is 5.43 Å². The predicted molar refractivity (Wildman–Crippen MR) is 110 cm³/mol. The molecule has 0 radical (unpaired) electrons. The van der Waals surface area contributed by atoms with Gasteiger partial charge in [0.05, 0.1) is 16.9 Å². The third-order valence-electron chi connectivity index (χ3n) is 5.40. The molecule has 0 bridgehead atoms. The lowest BCUT2D eigenvalue weighted by Crippen LogP contribution is -2.26. The molecule has 1 aliphatic rings. The number of pyridine rings is 2. The second-order valence-corrected chi connectivity index (χ2v) is 7.35. The molecule has 1 atom stereocenters. The normalized spacial score (nSPS) is 15.3. The molecule has 2 aromatic heterocycles. The number of rotatable bonds is 2. The van der Waals surface area contributed by atoms with E-state index in [4.69, 9.17) is 10.5 Å². The van der Waals surface area contributed by atoms with Gasteiger partial charge in [-0.25, -0.2) is 14.2 Å². The number of aromatic nitrogens is 2. The van der Waals surface area contributed by atoms with Crippen LogP contribution in [0.15, 0.2) is 47.4 Å². The molecule has 4 aromatic rings. The smallest absolute Gasteiger partial charge is 0.341 e. The monoisotopic (exact) mass is 405 g/mol. The maximum Gasteiger partial charge on any atom is 0.341 e. The van der Waals surface area contributed by atoms with E-state index < -0.39 is 17.2 Å².